The molecule has 0 spiro atoms. The summed E-state index contributed by atoms with van der Waals surface area (Å²) in [6, 6.07) is 7.06. The zero-order valence-corrected chi connectivity index (χ0v) is 9.18. The van der Waals surface area contributed by atoms with E-state index in [2.05, 4.69) is 0 Å². The average Bonchev–Trinajstić information content (AvgIpc) is 2.06. The van der Waals surface area contributed by atoms with E-state index in [1.165, 1.54) is 0 Å². The number of carbonyl (C=O) groups excluding carboxylic acids is 1. The third-order valence-electron chi connectivity index (χ3n) is 1.36. The first kappa shape index (κ1) is 9.78. The summed E-state index contributed by atoms with van der Waals surface area (Å²) < 4.78 is 0.252. The number of halogens is 1. The van der Waals surface area contributed by atoms with Crippen LogP contribution in [0.4, 0.5) is 0 Å². The van der Waals surface area contributed by atoms with Gasteiger partial charge in [-0.05, 0) is 0 Å². The number of hydrogen-bond donors (Lipinski definition) is 0. The van der Waals surface area contributed by atoms with Gasteiger partial charge < -0.3 is 0 Å². The number of benzene rings is 1. The molecule has 0 N–H and O–H groups in total. The maximum atomic E-state index is 11.3. The van der Waals surface area contributed by atoms with Gasteiger partial charge >= 0.3 is 83.1 Å². The van der Waals surface area contributed by atoms with Crippen molar-refractivity contribution in [1.29, 1.82) is 0 Å². The molecule has 1 aromatic rings. The molecule has 0 fully saturated rings. The van der Waals surface area contributed by atoms with Gasteiger partial charge in [-0.1, -0.05) is 0 Å². The molecular formula is C9H9ClOSe. The van der Waals surface area contributed by atoms with Crippen LogP contribution in [0.5, 0.6) is 0 Å². The third-order valence-corrected chi connectivity index (χ3v) is 3.26. The summed E-state index contributed by atoms with van der Waals surface area (Å²) in [5.41, 5.74) is 0.779. The molecule has 1 rings (SSSR count). The van der Waals surface area contributed by atoms with E-state index >= 15 is 0 Å². The second kappa shape index (κ2) is 4.66. The van der Waals surface area contributed by atoms with Crippen molar-refractivity contribution in [2.24, 2.45) is 0 Å². The van der Waals surface area contributed by atoms with Gasteiger partial charge in [0.15, 0.2) is 0 Å². The molecule has 3 heteroatoms. The second-order valence-electron chi connectivity index (χ2n) is 2.23. The number of rotatable bonds is 3. The van der Waals surface area contributed by atoms with Crippen LogP contribution in [0, 0.1) is 0 Å². The van der Waals surface area contributed by atoms with E-state index in [1.54, 1.807) is 24.3 Å². The van der Waals surface area contributed by atoms with Crippen LogP contribution in [0.1, 0.15) is 17.3 Å². The molecule has 64 valence electrons. The molecular weight excluding hydrogens is 239 g/mol. The Bertz CT molecular complexity index is 268. The minimum absolute atomic E-state index is 0.0911. The van der Waals surface area contributed by atoms with Crippen LogP contribution < -0.4 is 0 Å². The first-order chi connectivity index (χ1) is 5.74. The van der Waals surface area contributed by atoms with Crippen molar-refractivity contribution in [2.75, 3.05) is 0 Å². The van der Waals surface area contributed by atoms with Crippen LogP contribution in [0.2, 0.25) is 10.3 Å². The molecule has 0 unspecified atom stereocenters. The van der Waals surface area contributed by atoms with Gasteiger partial charge in [0.2, 0.25) is 0 Å². The number of carbonyl (C=O) groups is 1. The summed E-state index contributed by atoms with van der Waals surface area (Å²) in [7, 11) is 0. The molecule has 0 heterocycles. The van der Waals surface area contributed by atoms with E-state index in [9.17, 15) is 4.79 Å². The Kier molecular flexibility index (Phi) is 3.80. The van der Waals surface area contributed by atoms with Crippen LogP contribution in [0.15, 0.2) is 24.3 Å². The van der Waals surface area contributed by atoms with Gasteiger partial charge in [-0.25, -0.2) is 0 Å². The Morgan fingerprint density at radius 2 is 2.00 bits per heavy atom. The predicted octanol–water partition coefficient (Wildman–Crippen LogP) is 2.62. The molecule has 0 saturated heterocycles. The number of hydrogen-bond acceptors (Lipinski definition) is 1. The molecule has 0 aliphatic rings. The van der Waals surface area contributed by atoms with Gasteiger partial charge in [-0.15, -0.1) is 0 Å². The molecule has 0 bridgehead atoms. The summed E-state index contributed by atoms with van der Waals surface area (Å²) in [5, 5.41) is 1.63. The standard InChI is InChI=1S/C9H9ClOSe/c1-2-12-9(11)7-3-5-8(10)6-4-7/h3-6H,2H2,1H3. The van der Waals surface area contributed by atoms with E-state index in [4.69, 9.17) is 11.6 Å². The fourth-order valence-corrected chi connectivity index (χ4v) is 2.11. The first-order valence-corrected chi connectivity index (χ1v) is 6.11. The van der Waals surface area contributed by atoms with Gasteiger partial charge in [0.05, 0.1) is 0 Å². The van der Waals surface area contributed by atoms with Crippen molar-refractivity contribution in [2.45, 2.75) is 12.2 Å². The minimum atomic E-state index is 0.0911. The Morgan fingerprint density at radius 3 is 2.50 bits per heavy atom. The molecule has 0 saturated carbocycles. The molecule has 0 amide bonds. The van der Waals surface area contributed by atoms with Gasteiger partial charge in [-0.3, -0.25) is 0 Å². The Morgan fingerprint density at radius 1 is 1.42 bits per heavy atom. The SMILES string of the molecule is CC[Se]C(=O)c1ccc(Cl)cc1. The Balaban J connectivity index is 2.75. The molecule has 0 radical (unpaired) electrons. The van der Waals surface area contributed by atoms with Crippen molar-refractivity contribution < 1.29 is 4.79 Å². The molecule has 0 aliphatic heterocycles. The van der Waals surface area contributed by atoms with Crippen LogP contribution in [-0.4, -0.2) is 19.6 Å². The van der Waals surface area contributed by atoms with Crippen molar-refractivity contribution in [3.63, 3.8) is 0 Å². The first-order valence-electron chi connectivity index (χ1n) is 3.66. The van der Waals surface area contributed by atoms with Crippen LogP contribution in [0.25, 0.3) is 0 Å². The summed E-state index contributed by atoms with van der Waals surface area (Å²) >= 11 is 5.78. The molecule has 0 aromatic heterocycles. The van der Waals surface area contributed by atoms with Crippen molar-refractivity contribution in [3.05, 3.63) is 34.9 Å². The monoisotopic (exact) mass is 248 g/mol. The normalized spacial score (nSPS) is 9.83. The third kappa shape index (κ3) is 2.63. The van der Waals surface area contributed by atoms with Crippen LogP contribution in [0.3, 0.4) is 0 Å². The molecule has 12 heavy (non-hydrogen) atoms. The molecule has 1 aromatic carbocycles. The molecule has 0 atom stereocenters. The molecule has 1 nitrogen and oxygen atoms in total. The van der Waals surface area contributed by atoms with Gasteiger partial charge in [0.25, 0.3) is 0 Å². The summed E-state index contributed by atoms with van der Waals surface area (Å²) in [6.45, 7) is 2.02. The Hall–Kier alpha value is -0.301. The summed E-state index contributed by atoms with van der Waals surface area (Å²) in [6.07, 6.45) is 0. The Labute approximate surface area is 83.3 Å². The molecule has 0 aliphatic carbocycles. The predicted molar refractivity (Wildman–Crippen MR) is 52.0 cm³/mol. The van der Waals surface area contributed by atoms with E-state index in [1.807, 2.05) is 6.92 Å². The van der Waals surface area contributed by atoms with Gasteiger partial charge in [0, 0.05) is 0 Å². The maximum absolute atomic E-state index is 11.3. The van der Waals surface area contributed by atoms with Gasteiger partial charge in [-0.2, -0.15) is 0 Å². The topological polar surface area (TPSA) is 17.1 Å². The zero-order chi connectivity index (χ0) is 8.97. The van der Waals surface area contributed by atoms with E-state index in [-0.39, 0.29) is 19.6 Å². The average molecular weight is 248 g/mol. The zero-order valence-electron chi connectivity index (χ0n) is 6.71. The van der Waals surface area contributed by atoms with Gasteiger partial charge in [0.1, 0.15) is 0 Å². The van der Waals surface area contributed by atoms with E-state index in [0.717, 1.165) is 10.9 Å². The second-order valence-corrected chi connectivity index (χ2v) is 5.26. The van der Waals surface area contributed by atoms with Crippen molar-refractivity contribution in [3.8, 4) is 0 Å². The van der Waals surface area contributed by atoms with Crippen LogP contribution in [-0.2, 0) is 0 Å². The fraction of sp³-hybridized carbons (Fsp3) is 0.222. The quantitative estimate of drug-likeness (QED) is 0.751. The summed E-state index contributed by atoms with van der Waals surface area (Å²) in [4.78, 5) is 11.3. The van der Waals surface area contributed by atoms with E-state index < -0.39 is 0 Å². The van der Waals surface area contributed by atoms with Crippen molar-refractivity contribution in [1.82, 2.24) is 0 Å². The fourth-order valence-electron chi connectivity index (χ4n) is 0.800. The van der Waals surface area contributed by atoms with E-state index in [0.29, 0.717) is 5.02 Å². The summed E-state index contributed by atoms with van der Waals surface area (Å²) in [5.74, 6) is 0. The van der Waals surface area contributed by atoms with Crippen molar-refractivity contribution >= 4 is 31.2 Å². The van der Waals surface area contributed by atoms with Crippen LogP contribution >= 0.6 is 11.6 Å².